The van der Waals surface area contributed by atoms with E-state index in [0.717, 1.165) is 9.92 Å². The first-order chi connectivity index (χ1) is 7.15. The van der Waals surface area contributed by atoms with Gasteiger partial charge in [0.25, 0.3) is 0 Å². The molecule has 0 saturated heterocycles. The van der Waals surface area contributed by atoms with Crippen LogP contribution in [0.4, 0.5) is 0 Å². The Morgan fingerprint density at radius 2 is 2.07 bits per heavy atom. The molecular weight excluding hydrogens is 230 g/mol. The number of benzene rings is 1. The highest BCUT2D eigenvalue weighted by Crippen LogP contribution is 2.46. The minimum atomic E-state index is -0.109. The Morgan fingerprint density at radius 3 is 2.60 bits per heavy atom. The van der Waals surface area contributed by atoms with Crippen LogP contribution < -0.4 is 5.73 Å². The van der Waals surface area contributed by atoms with E-state index in [1.165, 1.54) is 0 Å². The van der Waals surface area contributed by atoms with Gasteiger partial charge in [-0.2, -0.15) is 0 Å². The number of hydrogen-bond acceptors (Lipinski definition) is 3. The molecule has 1 aliphatic carbocycles. The molecule has 80 valence electrons. The number of nitrogens with two attached hydrogens (primary N) is 1. The van der Waals surface area contributed by atoms with Crippen LogP contribution in [0.1, 0.15) is 12.8 Å². The van der Waals surface area contributed by atoms with Gasteiger partial charge in [-0.25, -0.2) is 0 Å². The monoisotopic (exact) mass is 241 g/mol. The summed E-state index contributed by atoms with van der Waals surface area (Å²) in [6.07, 6.45) is 1.14. The molecule has 15 heavy (non-hydrogen) atoms. The number of thioether (sulfide) groups is 1. The zero-order chi connectivity index (χ0) is 10.9. The van der Waals surface area contributed by atoms with E-state index in [4.69, 9.17) is 17.3 Å². The van der Waals surface area contributed by atoms with E-state index in [2.05, 4.69) is 0 Å². The fraction of sp³-hybridized carbons (Fsp3) is 0.364. The number of hydrogen-bond donors (Lipinski definition) is 1. The lowest BCUT2D eigenvalue weighted by atomic mass is 9.83. The molecule has 1 aromatic rings. The van der Waals surface area contributed by atoms with Crippen molar-refractivity contribution in [3.63, 3.8) is 0 Å². The first kappa shape index (κ1) is 11.0. The molecule has 0 heterocycles. The predicted molar refractivity (Wildman–Crippen MR) is 63.3 cm³/mol. The van der Waals surface area contributed by atoms with Gasteiger partial charge < -0.3 is 5.73 Å². The van der Waals surface area contributed by atoms with Crippen molar-refractivity contribution in [3.05, 3.63) is 29.3 Å². The Hall–Kier alpha value is -0.510. The summed E-state index contributed by atoms with van der Waals surface area (Å²) in [6.45, 7) is 0.522. The van der Waals surface area contributed by atoms with E-state index in [-0.39, 0.29) is 4.75 Å². The van der Waals surface area contributed by atoms with E-state index >= 15 is 0 Å². The molecule has 0 bridgehead atoms. The standard InChI is InChI=1S/C11H12ClNOS/c12-9-3-1-2-4-10(9)15-11(7-13)5-8(14)6-11/h1-4H,5-7,13H2. The number of Topliss-reactive ketones (excluding diaryl/α,β-unsaturated/α-hetero) is 1. The third kappa shape index (κ3) is 2.19. The van der Waals surface area contributed by atoms with Crippen molar-refractivity contribution in [1.29, 1.82) is 0 Å². The molecule has 1 aromatic carbocycles. The number of rotatable bonds is 3. The fourth-order valence-electron chi connectivity index (χ4n) is 1.69. The van der Waals surface area contributed by atoms with Crippen molar-refractivity contribution in [1.82, 2.24) is 0 Å². The molecule has 2 rings (SSSR count). The second-order valence-corrected chi connectivity index (χ2v) is 5.73. The van der Waals surface area contributed by atoms with Crippen molar-refractivity contribution in [2.75, 3.05) is 6.54 Å². The van der Waals surface area contributed by atoms with Gasteiger partial charge in [-0.05, 0) is 12.1 Å². The summed E-state index contributed by atoms with van der Waals surface area (Å²) in [6, 6.07) is 7.66. The molecular formula is C11H12ClNOS. The second kappa shape index (κ2) is 4.16. The van der Waals surface area contributed by atoms with Crippen molar-refractivity contribution in [3.8, 4) is 0 Å². The Balaban J connectivity index is 2.14. The van der Waals surface area contributed by atoms with Gasteiger partial charge in [0.2, 0.25) is 0 Å². The third-order valence-electron chi connectivity index (χ3n) is 2.57. The lowest BCUT2D eigenvalue weighted by Crippen LogP contribution is -2.47. The number of carbonyl (C=O) groups excluding carboxylic acids is 1. The molecule has 0 unspecified atom stereocenters. The van der Waals surface area contributed by atoms with Gasteiger partial charge in [-0.3, -0.25) is 4.79 Å². The lowest BCUT2D eigenvalue weighted by molar-refractivity contribution is -0.125. The van der Waals surface area contributed by atoms with Crippen LogP contribution in [0.25, 0.3) is 0 Å². The molecule has 4 heteroatoms. The SMILES string of the molecule is NCC1(Sc2ccccc2Cl)CC(=O)C1. The molecule has 1 fully saturated rings. The highest BCUT2D eigenvalue weighted by atomic mass is 35.5. The van der Waals surface area contributed by atoms with Crippen molar-refractivity contribution >= 4 is 29.1 Å². The largest absolute Gasteiger partial charge is 0.329 e. The first-order valence-electron chi connectivity index (χ1n) is 4.80. The molecule has 0 aliphatic heterocycles. The zero-order valence-corrected chi connectivity index (χ0v) is 9.77. The summed E-state index contributed by atoms with van der Waals surface area (Å²) >= 11 is 7.69. The molecule has 0 aromatic heterocycles. The number of ketones is 1. The minimum absolute atomic E-state index is 0.109. The van der Waals surface area contributed by atoms with Crippen LogP contribution >= 0.6 is 23.4 Å². The van der Waals surface area contributed by atoms with E-state index in [1.54, 1.807) is 11.8 Å². The maximum atomic E-state index is 11.0. The highest BCUT2D eigenvalue weighted by molar-refractivity contribution is 8.01. The molecule has 1 aliphatic rings. The van der Waals surface area contributed by atoms with Crippen molar-refractivity contribution in [2.45, 2.75) is 22.5 Å². The Kier molecular flexibility index (Phi) is 3.05. The Morgan fingerprint density at radius 1 is 1.40 bits per heavy atom. The summed E-state index contributed by atoms with van der Waals surface area (Å²) in [5.41, 5.74) is 5.71. The van der Waals surface area contributed by atoms with E-state index in [9.17, 15) is 4.79 Å². The van der Waals surface area contributed by atoms with E-state index < -0.39 is 0 Å². The Labute approximate surface area is 98.2 Å². The van der Waals surface area contributed by atoms with Crippen LogP contribution in [0.15, 0.2) is 29.2 Å². The number of carbonyl (C=O) groups is 1. The third-order valence-corrected chi connectivity index (χ3v) is 4.48. The van der Waals surface area contributed by atoms with Crippen LogP contribution in [0.2, 0.25) is 5.02 Å². The summed E-state index contributed by atoms with van der Waals surface area (Å²) in [7, 11) is 0. The topological polar surface area (TPSA) is 43.1 Å². The molecule has 1 saturated carbocycles. The van der Waals surface area contributed by atoms with Gasteiger partial charge in [0, 0.05) is 29.0 Å². The van der Waals surface area contributed by atoms with Gasteiger partial charge in [0.05, 0.1) is 5.02 Å². The van der Waals surface area contributed by atoms with Gasteiger partial charge in [-0.15, -0.1) is 11.8 Å². The van der Waals surface area contributed by atoms with Gasteiger partial charge in [0.15, 0.2) is 0 Å². The highest BCUT2D eigenvalue weighted by Gasteiger charge is 2.43. The maximum absolute atomic E-state index is 11.0. The smallest absolute Gasteiger partial charge is 0.135 e. The van der Waals surface area contributed by atoms with Gasteiger partial charge in [-0.1, -0.05) is 23.7 Å². The van der Waals surface area contributed by atoms with Crippen molar-refractivity contribution < 1.29 is 4.79 Å². The van der Waals surface area contributed by atoms with Crippen LogP contribution in [0, 0.1) is 0 Å². The maximum Gasteiger partial charge on any atom is 0.135 e. The quantitative estimate of drug-likeness (QED) is 0.884. The summed E-state index contributed by atoms with van der Waals surface area (Å²) in [5, 5.41) is 0.731. The van der Waals surface area contributed by atoms with E-state index in [1.807, 2.05) is 24.3 Å². The molecule has 2 N–H and O–H groups in total. The van der Waals surface area contributed by atoms with Crippen LogP contribution in [0.3, 0.4) is 0 Å². The van der Waals surface area contributed by atoms with Gasteiger partial charge in [0.1, 0.15) is 5.78 Å². The summed E-state index contributed by atoms with van der Waals surface area (Å²) in [5.74, 6) is 0.292. The normalized spacial score (nSPS) is 18.7. The predicted octanol–water partition coefficient (Wildman–Crippen LogP) is 2.49. The molecule has 0 amide bonds. The minimum Gasteiger partial charge on any atom is -0.329 e. The number of halogens is 1. The summed E-state index contributed by atoms with van der Waals surface area (Å²) in [4.78, 5) is 12.1. The van der Waals surface area contributed by atoms with E-state index in [0.29, 0.717) is 25.2 Å². The van der Waals surface area contributed by atoms with Crippen LogP contribution in [0.5, 0.6) is 0 Å². The Bertz CT molecular complexity index is 386. The fourth-order valence-corrected chi connectivity index (χ4v) is 3.27. The average molecular weight is 242 g/mol. The average Bonchev–Trinajstić information content (AvgIpc) is 2.18. The molecule has 0 atom stereocenters. The summed E-state index contributed by atoms with van der Waals surface area (Å²) < 4.78 is -0.109. The zero-order valence-electron chi connectivity index (χ0n) is 8.20. The van der Waals surface area contributed by atoms with Crippen LogP contribution in [-0.2, 0) is 4.79 Å². The first-order valence-corrected chi connectivity index (χ1v) is 6.00. The molecule has 0 spiro atoms. The second-order valence-electron chi connectivity index (χ2n) is 3.81. The molecule has 0 radical (unpaired) electrons. The molecule has 2 nitrogen and oxygen atoms in total. The van der Waals surface area contributed by atoms with Crippen LogP contribution in [-0.4, -0.2) is 17.1 Å². The van der Waals surface area contributed by atoms with Crippen molar-refractivity contribution in [2.24, 2.45) is 5.73 Å². The lowest BCUT2D eigenvalue weighted by Gasteiger charge is -2.38. The van der Waals surface area contributed by atoms with Gasteiger partial charge >= 0.3 is 0 Å².